The molecule has 0 aliphatic rings. The third-order valence-corrected chi connectivity index (χ3v) is 5.24. The van der Waals surface area contributed by atoms with Crippen molar-refractivity contribution in [3.63, 3.8) is 0 Å². The molecule has 0 aliphatic heterocycles. The molecule has 0 atom stereocenters. The Kier molecular flexibility index (Phi) is 6.32. The van der Waals surface area contributed by atoms with E-state index in [2.05, 4.69) is 69.5 Å². The highest BCUT2D eigenvalue weighted by molar-refractivity contribution is 6.58. The van der Waals surface area contributed by atoms with Gasteiger partial charge in [0.2, 0.25) is 0 Å². The average molecular weight is 277 g/mol. The minimum Gasteiger partial charge on any atom is -0.496 e. The molecule has 3 heteroatoms. The van der Waals surface area contributed by atoms with Gasteiger partial charge in [-0.3, -0.25) is 0 Å². The molecule has 0 bridgehead atoms. The van der Waals surface area contributed by atoms with Gasteiger partial charge in [-0.05, 0) is 44.6 Å². The van der Waals surface area contributed by atoms with Gasteiger partial charge in [-0.2, -0.15) is 0 Å². The maximum Gasteiger partial charge on any atom is 0.132 e. The first-order valence-electron chi connectivity index (χ1n) is 7.11. The fourth-order valence-corrected chi connectivity index (χ4v) is 3.29. The van der Waals surface area contributed by atoms with Crippen molar-refractivity contribution in [2.75, 3.05) is 13.1 Å². The Balaban J connectivity index is 2.91. The molecule has 0 aromatic heterocycles. The van der Waals surface area contributed by atoms with Crippen LogP contribution in [0.4, 0.5) is 0 Å². The lowest BCUT2D eigenvalue weighted by atomic mass is 10.2. The van der Waals surface area contributed by atoms with Gasteiger partial charge in [0.05, 0.1) is 11.9 Å². The second-order valence-electron chi connectivity index (χ2n) is 5.70. The summed E-state index contributed by atoms with van der Waals surface area (Å²) < 4.78 is 8.41. The van der Waals surface area contributed by atoms with E-state index in [4.69, 9.17) is 4.74 Å². The number of ether oxygens (including phenoxy) is 1. The zero-order valence-electron chi connectivity index (χ0n) is 12.9. The summed E-state index contributed by atoms with van der Waals surface area (Å²) in [6.07, 6.45) is 1.99. The van der Waals surface area contributed by atoms with E-state index in [1.807, 2.05) is 6.26 Å². The fourth-order valence-electron chi connectivity index (χ4n) is 1.78. The molecule has 0 spiro atoms. The Morgan fingerprint density at radius 1 is 1.16 bits per heavy atom. The number of nitrogens with zero attached hydrogens (tertiary/aromatic N) is 1. The highest BCUT2D eigenvalue weighted by atomic mass is 28.2. The van der Waals surface area contributed by atoms with E-state index in [1.54, 1.807) is 0 Å². The minimum absolute atomic E-state index is 0.127. The van der Waals surface area contributed by atoms with Crippen LogP contribution in [0.1, 0.15) is 40.2 Å². The standard InChI is InChI=1S/C16H27NOSi/c1-6-17(7-2)19-15(13-18-16(3,4)5)14-11-9-8-10-12-14/h8-13H,6-7,19H2,1-5H3. The topological polar surface area (TPSA) is 12.5 Å². The number of hydrogen-bond acceptors (Lipinski definition) is 2. The van der Waals surface area contributed by atoms with Crippen LogP contribution in [0.25, 0.3) is 5.20 Å². The van der Waals surface area contributed by atoms with Crippen molar-refractivity contribution in [3.05, 3.63) is 42.2 Å². The van der Waals surface area contributed by atoms with Crippen LogP contribution in [0.5, 0.6) is 0 Å². The van der Waals surface area contributed by atoms with Gasteiger partial charge in [0.25, 0.3) is 0 Å². The fraction of sp³-hybridized carbons (Fsp3) is 0.500. The molecule has 0 saturated heterocycles. The third kappa shape index (κ3) is 6.08. The number of hydrogen-bond donors (Lipinski definition) is 0. The quantitative estimate of drug-likeness (QED) is 0.585. The van der Waals surface area contributed by atoms with Crippen LogP contribution >= 0.6 is 0 Å². The lowest BCUT2D eigenvalue weighted by Gasteiger charge is -2.23. The Morgan fingerprint density at radius 2 is 1.74 bits per heavy atom. The number of benzene rings is 1. The molecule has 19 heavy (non-hydrogen) atoms. The van der Waals surface area contributed by atoms with Crippen molar-refractivity contribution < 1.29 is 4.74 Å². The smallest absolute Gasteiger partial charge is 0.132 e. The van der Waals surface area contributed by atoms with Crippen molar-refractivity contribution >= 4 is 14.9 Å². The van der Waals surface area contributed by atoms with Gasteiger partial charge in [0, 0.05) is 0 Å². The van der Waals surface area contributed by atoms with E-state index < -0.39 is 9.68 Å². The molecule has 0 fully saturated rings. The molecule has 106 valence electrons. The first-order chi connectivity index (χ1) is 8.96. The Morgan fingerprint density at radius 3 is 2.21 bits per heavy atom. The van der Waals surface area contributed by atoms with Crippen LogP contribution in [0, 0.1) is 0 Å². The lowest BCUT2D eigenvalue weighted by Crippen LogP contribution is -2.28. The molecular formula is C16H27NOSi. The normalized spacial score (nSPS) is 13.5. The third-order valence-electron chi connectivity index (χ3n) is 2.99. The van der Waals surface area contributed by atoms with Crippen molar-refractivity contribution in [2.24, 2.45) is 0 Å². The van der Waals surface area contributed by atoms with E-state index in [1.165, 1.54) is 10.8 Å². The zero-order valence-corrected chi connectivity index (χ0v) is 14.4. The Hall–Kier alpha value is -1.06. The molecule has 0 N–H and O–H groups in total. The van der Waals surface area contributed by atoms with E-state index in [0.717, 1.165) is 13.1 Å². The van der Waals surface area contributed by atoms with Gasteiger partial charge in [0.15, 0.2) is 0 Å². The van der Waals surface area contributed by atoms with Crippen LogP contribution in [0.3, 0.4) is 0 Å². The average Bonchev–Trinajstić information content (AvgIpc) is 2.39. The van der Waals surface area contributed by atoms with Crippen molar-refractivity contribution in [1.82, 2.24) is 4.57 Å². The van der Waals surface area contributed by atoms with Crippen LogP contribution < -0.4 is 0 Å². The van der Waals surface area contributed by atoms with Crippen LogP contribution in [-0.4, -0.2) is 32.9 Å². The van der Waals surface area contributed by atoms with Crippen molar-refractivity contribution in [3.8, 4) is 0 Å². The minimum atomic E-state index is -0.459. The number of rotatable bonds is 6. The van der Waals surface area contributed by atoms with Gasteiger partial charge in [-0.15, -0.1) is 0 Å². The maximum absolute atomic E-state index is 5.88. The summed E-state index contributed by atoms with van der Waals surface area (Å²) in [5, 5.41) is 1.37. The summed E-state index contributed by atoms with van der Waals surface area (Å²) in [7, 11) is -0.459. The lowest BCUT2D eigenvalue weighted by molar-refractivity contribution is 0.0779. The van der Waals surface area contributed by atoms with Gasteiger partial charge in [-0.25, -0.2) is 0 Å². The molecule has 1 aromatic carbocycles. The highest BCUT2D eigenvalue weighted by Gasteiger charge is 2.12. The monoisotopic (exact) mass is 277 g/mol. The SMILES string of the molecule is CCN(CC)[SiH2]C(=COC(C)(C)C)c1ccccc1. The van der Waals surface area contributed by atoms with Gasteiger partial charge in [-0.1, -0.05) is 44.2 Å². The maximum atomic E-state index is 5.88. The van der Waals surface area contributed by atoms with Crippen LogP contribution in [-0.2, 0) is 4.74 Å². The van der Waals surface area contributed by atoms with Crippen LogP contribution in [0.2, 0.25) is 0 Å². The predicted octanol–water partition coefficient (Wildman–Crippen LogP) is 3.23. The molecule has 0 amide bonds. The Labute approximate surface area is 120 Å². The Bertz CT molecular complexity index is 391. The van der Waals surface area contributed by atoms with E-state index in [9.17, 15) is 0 Å². The molecule has 1 aromatic rings. The molecule has 0 aliphatic carbocycles. The molecular weight excluding hydrogens is 250 g/mol. The summed E-state index contributed by atoms with van der Waals surface area (Å²) >= 11 is 0. The molecule has 2 nitrogen and oxygen atoms in total. The molecule has 0 unspecified atom stereocenters. The molecule has 0 saturated carbocycles. The first-order valence-corrected chi connectivity index (χ1v) is 8.45. The second-order valence-corrected chi connectivity index (χ2v) is 7.67. The van der Waals surface area contributed by atoms with E-state index >= 15 is 0 Å². The van der Waals surface area contributed by atoms with Gasteiger partial charge >= 0.3 is 0 Å². The van der Waals surface area contributed by atoms with Crippen LogP contribution in [0.15, 0.2) is 36.6 Å². The molecule has 1 rings (SSSR count). The molecule has 0 radical (unpaired) electrons. The second kappa shape index (κ2) is 7.51. The summed E-state index contributed by atoms with van der Waals surface area (Å²) in [4.78, 5) is 0. The predicted molar refractivity (Wildman–Crippen MR) is 86.7 cm³/mol. The van der Waals surface area contributed by atoms with Crippen molar-refractivity contribution in [2.45, 2.75) is 40.2 Å². The van der Waals surface area contributed by atoms with E-state index in [0.29, 0.717) is 0 Å². The zero-order chi connectivity index (χ0) is 14.3. The largest absolute Gasteiger partial charge is 0.496 e. The first kappa shape index (κ1) is 16.0. The van der Waals surface area contributed by atoms with E-state index in [-0.39, 0.29) is 5.60 Å². The summed E-state index contributed by atoms with van der Waals surface area (Å²) in [5.74, 6) is 0. The van der Waals surface area contributed by atoms with Crippen molar-refractivity contribution in [1.29, 1.82) is 0 Å². The highest BCUT2D eigenvalue weighted by Crippen LogP contribution is 2.17. The summed E-state index contributed by atoms with van der Waals surface area (Å²) in [6.45, 7) is 12.9. The molecule has 0 heterocycles. The summed E-state index contributed by atoms with van der Waals surface area (Å²) in [5.41, 5.74) is 1.17. The van der Waals surface area contributed by atoms with Gasteiger partial charge < -0.3 is 9.30 Å². The van der Waals surface area contributed by atoms with Gasteiger partial charge in [0.1, 0.15) is 9.68 Å². The summed E-state index contributed by atoms with van der Waals surface area (Å²) in [6, 6.07) is 10.6.